The predicted octanol–water partition coefficient (Wildman–Crippen LogP) is 2.96. The first-order valence-corrected chi connectivity index (χ1v) is 10.6. The summed E-state index contributed by atoms with van der Waals surface area (Å²) >= 11 is 0. The first-order valence-electron chi connectivity index (χ1n) is 8.72. The maximum absolute atomic E-state index is 12.9. The van der Waals surface area contributed by atoms with Gasteiger partial charge >= 0.3 is 5.97 Å². The van der Waals surface area contributed by atoms with Crippen molar-refractivity contribution in [2.75, 3.05) is 23.0 Å². The molecule has 8 heteroatoms. The second-order valence-corrected chi connectivity index (χ2v) is 8.24. The van der Waals surface area contributed by atoms with Crippen LogP contribution in [0, 0.1) is 6.92 Å². The molecule has 1 atom stereocenters. The lowest BCUT2D eigenvalue weighted by atomic mass is 10.1. The Morgan fingerprint density at radius 2 is 1.79 bits per heavy atom. The number of sulfonamides is 1. The van der Waals surface area contributed by atoms with E-state index in [2.05, 4.69) is 10.1 Å². The zero-order valence-electron chi connectivity index (χ0n) is 16.3. The number of anilines is 2. The first-order chi connectivity index (χ1) is 13.2. The molecule has 0 radical (unpaired) electrons. The number of benzene rings is 2. The fraction of sp³-hybridized carbons (Fsp3) is 0.300. The Morgan fingerprint density at radius 3 is 2.29 bits per heavy atom. The Hall–Kier alpha value is -2.87. The smallest absolute Gasteiger partial charge is 0.337 e. The average Bonchev–Trinajstić information content (AvgIpc) is 2.64. The number of aryl methyl sites for hydroxylation is 1. The van der Waals surface area contributed by atoms with Crippen LogP contribution < -0.4 is 9.62 Å². The van der Waals surface area contributed by atoms with E-state index >= 15 is 0 Å². The van der Waals surface area contributed by atoms with Crippen LogP contribution in [-0.4, -0.2) is 39.7 Å². The molecule has 7 nitrogen and oxygen atoms in total. The Balaban J connectivity index is 2.30. The molecule has 1 N–H and O–H groups in total. The van der Waals surface area contributed by atoms with Crippen molar-refractivity contribution in [2.45, 2.75) is 26.3 Å². The molecular weight excluding hydrogens is 380 g/mol. The predicted molar refractivity (Wildman–Crippen MR) is 109 cm³/mol. The molecule has 0 unspecified atom stereocenters. The molecule has 28 heavy (non-hydrogen) atoms. The number of methoxy groups -OCH3 is 1. The molecule has 0 bridgehead atoms. The van der Waals surface area contributed by atoms with Crippen LogP contribution >= 0.6 is 0 Å². The minimum absolute atomic E-state index is 0.285. The van der Waals surface area contributed by atoms with Crippen molar-refractivity contribution >= 4 is 33.3 Å². The molecule has 0 heterocycles. The lowest BCUT2D eigenvalue weighted by molar-refractivity contribution is -0.117. The number of carbonyl (C=O) groups excluding carboxylic acids is 2. The maximum atomic E-state index is 12.9. The van der Waals surface area contributed by atoms with Gasteiger partial charge in [-0.1, -0.05) is 19.1 Å². The van der Waals surface area contributed by atoms with Gasteiger partial charge in [-0.15, -0.1) is 0 Å². The molecule has 0 aliphatic rings. The fourth-order valence-electron chi connectivity index (χ4n) is 2.86. The third kappa shape index (κ3) is 5.10. The van der Waals surface area contributed by atoms with E-state index in [4.69, 9.17) is 0 Å². The van der Waals surface area contributed by atoms with E-state index in [9.17, 15) is 18.0 Å². The standard InChI is InChI=1S/C20H24N2O5S/c1-5-18(22(28(4,25)26)17-8-6-7-14(2)13-17)19(23)21-16-11-9-15(10-12-16)20(24)27-3/h6-13,18H,5H2,1-4H3,(H,21,23)/t18-/m0/s1. The molecule has 0 fully saturated rings. The van der Waals surface area contributed by atoms with Crippen molar-refractivity contribution < 1.29 is 22.7 Å². The molecule has 0 saturated carbocycles. The summed E-state index contributed by atoms with van der Waals surface area (Å²) in [6, 6.07) is 12.2. The van der Waals surface area contributed by atoms with Crippen LogP contribution in [0.1, 0.15) is 29.3 Å². The van der Waals surface area contributed by atoms with E-state index in [1.54, 1.807) is 37.3 Å². The minimum Gasteiger partial charge on any atom is -0.465 e. The number of nitrogens with one attached hydrogen (secondary N) is 1. The average molecular weight is 404 g/mol. The fourth-order valence-corrected chi connectivity index (χ4v) is 4.06. The quantitative estimate of drug-likeness (QED) is 0.716. The zero-order chi connectivity index (χ0) is 20.9. The van der Waals surface area contributed by atoms with Crippen LogP contribution in [0.25, 0.3) is 0 Å². The summed E-state index contributed by atoms with van der Waals surface area (Å²) in [5.41, 5.74) is 2.13. The van der Waals surface area contributed by atoms with E-state index in [1.807, 2.05) is 13.0 Å². The van der Waals surface area contributed by atoms with Crippen LogP contribution in [-0.2, 0) is 19.6 Å². The van der Waals surface area contributed by atoms with Gasteiger partial charge in [0.15, 0.2) is 0 Å². The summed E-state index contributed by atoms with van der Waals surface area (Å²) in [7, 11) is -2.41. The van der Waals surface area contributed by atoms with E-state index in [0.29, 0.717) is 16.9 Å². The molecule has 1 amide bonds. The summed E-state index contributed by atoms with van der Waals surface area (Å²) < 4.78 is 30.7. The summed E-state index contributed by atoms with van der Waals surface area (Å²) in [5.74, 6) is -0.938. The van der Waals surface area contributed by atoms with Gasteiger partial charge in [-0.25, -0.2) is 13.2 Å². The van der Waals surface area contributed by atoms with Gasteiger partial charge in [0, 0.05) is 5.69 Å². The van der Waals surface area contributed by atoms with E-state index < -0.39 is 27.9 Å². The minimum atomic E-state index is -3.69. The number of hydrogen-bond donors (Lipinski definition) is 1. The molecule has 2 rings (SSSR count). The molecule has 0 aliphatic carbocycles. The molecule has 150 valence electrons. The second kappa shape index (κ2) is 8.88. The largest absolute Gasteiger partial charge is 0.465 e. The SMILES string of the molecule is CC[C@@H](C(=O)Nc1ccc(C(=O)OC)cc1)N(c1cccc(C)c1)S(C)(=O)=O. The topological polar surface area (TPSA) is 92.8 Å². The lowest BCUT2D eigenvalue weighted by Crippen LogP contribution is -2.47. The Labute approximate surface area is 165 Å². The summed E-state index contributed by atoms with van der Waals surface area (Å²) in [6.07, 6.45) is 1.36. The molecule has 0 saturated heterocycles. The Bertz CT molecular complexity index is 955. The summed E-state index contributed by atoms with van der Waals surface area (Å²) in [5, 5.41) is 2.72. The molecule has 0 aliphatic heterocycles. The highest BCUT2D eigenvalue weighted by Crippen LogP contribution is 2.24. The van der Waals surface area contributed by atoms with Crippen molar-refractivity contribution in [1.82, 2.24) is 0 Å². The van der Waals surface area contributed by atoms with Gasteiger partial charge < -0.3 is 10.1 Å². The van der Waals surface area contributed by atoms with E-state index in [-0.39, 0.29) is 6.42 Å². The highest BCUT2D eigenvalue weighted by molar-refractivity contribution is 7.92. The number of rotatable bonds is 7. The maximum Gasteiger partial charge on any atom is 0.337 e. The zero-order valence-corrected chi connectivity index (χ0v) is 17.1. The van der Waals surface area contributed by atoms with Crippen LogP contribution in [0.2, 0.25) is 0 Å². The molecule has 0 spiro atoms. The number of ether oxygens (including phenoxy) is 1. The van der Waals surface area contributed by atoms with Crippen molar-refractivity contribution in [1.29, 1.82) is 0 Å². The number of amides is 1. The van der Waals surface area contributed by atoms with E-state index in [0.717, 1.165) is 16.1 Å². The van der Waals surface area contributed by atoms with Crippen LogP contribution in [0.15, 0.2) is 48.5 Å². The molecule has 0 aromatic heterocycles. The lowest BCUT2D eigenvalue weighted by Gasteiger charge is -2.30. The van der Waals surface area contributed by atoms with Gasteiger partial charge in [0.2, 0.25) is 15.9 Å². The van der Waals surface area contributed by atoms with Crippen LogP contribution in [0.4, 0.5) is 11.4 Å². The van der Waals surface area contributed by atoms with Gasteiger partial charge in [-0.05, 0) is 55.3 Å². The van der Waals surface area contributed by atoms with Gasteiger partial charge in [0.25, 0.3) is 0 Å². The van der Waals surface area contributed by atoms with Gasteiger partial charge in [-0.3, -0.25) is 9.10 Å². The summed E-state index contributed by atoms with van der Waals surface area (Å²) in [6.45, 7) is 3.60. The van der Waals surface area contributed by atoms with Gasteiger partial charge in [0.05, 0.1) is 24.6 Å². The third-order valence-corrected chi connectivity index (χ3v) is 5.34. The molecular formula is C20H24N2O5S. The van der Waals surface area contributed by atoms with Crippen molar-refractivity contribution in [3.63, 3.8) is 0 Å². The van der Waals surface area contributed by atoms with Crippen molar-refractivity contribution in [3.05, 3.63) is 59.7 Å². The van der Waals surface area contributed by atoms with Gasteiger partial charge in [-0.2, -0.15) is 0 Å². The van der Waals surface area contributed by atoms with Crippen molar-refractivity contribution in [3.8, 4) is 0 Å². The van der Waals surface area contributed by atoms with Crippen LogP contribution in [0.3, 0.4) is 0 Å². The Kier molecular flexibility index (Phi) is 6.80. The third-order valence-electron chi connectivity index (χ3n) is 4.16. The highest BCUT2D eigenvalue weighted by atomic mass is 32.2. The number of carbonyl (C=O) groups is 2. The van der Waals surface area contributed by atoms with Gasteiger partial charge in [0.1, 0.15) is 6.04 Å². The normalized spacial score (nSPS) is 12.1. The van der Waals surface area contributed by atoms with E-state index in [1.165, 1.54) is 19.2 Å². The number of hydrogen-bond acceptors (Lipinski definition) is 5. The second-order valence-electron chi connectivity index (χ2n) is 6.38. The monoisotopic (exact) mass is 404 g/mol. The number of esters is 1. The highest BCUT2D eigenvalue weighted by Gasteiger charge is 2.31. The van der Waals surface area contributed by atoms with Crippen LogP contribution in [0.5, 0.6) is 0 Å². The molecule has 2 aromatic carbocycles. The Morgan fingerprint density at radius 1 is 1.14 bits per heavy atom. The first kappa shape index (κ1) is 21.4. The summed E-state index contributed by atoms with van der Waals surface area (Å²) in [4.78, 5) is 24.4. The number of nitrogens with zero attached hydrogens (tertiary/aromatic N) is 1. The van der Waals surface area contributed by atoms with Crippen molar-refractivity contribution in [2.24, 2.45) is 0 Å². The molecule has 2 aromatic rings.